The molecule has 3 aliphatic heterocycles. The minimum atomic E-state index is -2.22. The van der Waals surface area contributed by atoms with E-state index in [4.69, 9.17) is 0 Å². The first-order valence-corrected chi connectivity index (χ1v) is 16.4. The molecule has 2 fully saturated rings. The number of amides is 7. The van der Waals surface area contributed by atoms with Crippen LogP contribution in [0.2, 0.25) is 0 Å². The number of aromatic nitrogens is 4. The van der Waals surface area contributed by atoms with Gasteiger partial charge in [0.05, 0.1) is 11.7 Å². The number of carboxylic acid groups (broad SMARTS) is 1. The van der Waals surface area contributed by atoms with Crippen LogP contribution in [0, 0.1) is 0 Å². The molecular weight excluding hydrogens is 713 g/mol. The summed E-state index contributed by atoms with van der Waals surface area (Å²) >= 11 is 2.08. The number of urea groups is 1. The number of aliphatic carboxylic acids is 1. The zero-order valence-electron chi connectivity index (χ0n) is 26.6. The van der Waals surface area contributed by atoms with Crippen LogP contribution in [-0.2, 0) is 28.8 Å². The molecule has 2 saturated heterocycles. The van der Waals surface area contributed by atoms with Crippen LogP contribution in [0.1, 0.15) is 18.5 Å². The molecule has 0 saturated carbocycles. The number of phenolic OH excluding ortho intramolecular Hbond substituents is 2. The number of rotatable bonds is 12. The molecule has 5 rings (SSSR count). The number of phenols is 2. The fraction of sp³-hybridized carbons (Fsp3) is 0.385. The van der Waals surface area contributed by atoms with Crippen molar-refractivity contribution < 1.29 is 78.4 Å². The molecule has 1 aromatic carbocycles. The maximum Gasteiger partial charge on any atom is 1.00 e. The summed E-state index contributed by atoms with van der Waals surface area (Å²) < 4.78 is 0. The average molecular weight is 742 g/mol. The predicted octanol–water partition coefficient (Wildman–Crippen LogP) is -7.03. The van der Waals surface area contributed by atoms with E-state index in [0.29, 0.717) is 10.1 Å². The summed E-state index contributed by atoms with van der Waals surface area (Å²) in [6.07, 6.45) is 0.124. The van der Waals surface area contributed by atoms with Crippen molar-refractivity contribution in [2.45, 2.75) is 29.2 Å². The van der Waals surface area contributed by atoms with Gasteiger partial charge in [0.2, 0.25) is 23.1 Å². The van der Waals surface area contributed by atoms with Gasteiger partial charge in [0.15, 0.2) is 11.5 Å². The van der Waals surface area contributed by atoms with Gasteiger partial charge < -0.3 is 46.4 Å². The molecule has 21 nitrogen and oxygen atoms in total. The van der Waals surface area contributed by atoms with E-state index in [1.54, 1.807) is 14.0 Å². The Morgan fingerprint density at radius 2 is 1.92 bits per heavy atom. The van der Waals surface area contributed by atoms with E-state index in [1.165, 1.54) is 9.69 Å². The molecule has 50 heavy (non-hydrogen) atoms. The Kier molecular flexibility index (Phi) is 11.9. The summed E-state index contributed by atoms with van der Waals surface area (Å²) in [4.78, 5) is 94.1. The summed E-state index contributed by atoms with van der Waals surface area (Å²) in [5.41, 5.74) is 0.145. The number of carboxylic acids is 1. The second kappa shape index (κ2) is 15.5. The number of tetrazole rings is 1. The van der Waals surface area contributed by atoms with Crippen molar-refractivity contribution in [3.63, 3.8) is 0 Å². The third kappa shape index (κ3) is 6.90. The molecule has 1 unspecified atom stereocenters. The van der Waals surface area contributed by atoms with Crippen molar-refractivity contribution in [1.29, 1.82) is 0 Å². The molecule has 260 valence electrons. The molecule has 7 amide bonds. The quantitative estimate of drug-likeness (QED) is 0.0224. The first kappa shape index (κ1) is 38.2. The van der Waals surface area contributed by atoms with Gasteiger partial charge in [-0.05, 0) is 40.6 Å². The number of aromatic hydroxyl groups is 2. The SMILES string of the molecule is CCN1CCN(C(=O)NC(C(=O)N[C@]2(NC=O)C(=O)N3C(C(=O)[O-])=C(CSc4nnnn4NC)CS[C@H]32)c2ccc(O)c(O)c2)C(=O)C1=O.[Na+]. The van der Waals surface area contributed by atoms with Crippen LogP contribution in [0.15, 0.2) is 34.6 Å². The van der Waals surface area contributed by atoms with Gasteiger partial charge in [0, 0.05) is 38.2 Å². The molecule has 24 heteroatoms. The van der Waals surface area contributed by atoms with Crippen molar-refractivity contribution >= 4 is 65.6 Å². The number of β-lactam (4-membered cyclic amide) rings is 1. The molecule has 0 aliphatic carbocycles. The smallest absolute Gasteiger partial charge is 0.543 e. The predicted molar refractivity (Wildman–Crippen MR) is 164 cm³/mol. The summed E-state index contributed by atoms with van der Waals surface area (Å²) in [5, 5.41) is 49.4. The standard InChI is InChI=1S/C26H29N11O10S2.Na/c1-3-34-6-7-35(20(43)19(34)42)24(47)29-16(12-4-5-14(39)15(40)8-12)18(41)30-26(28-11-38)22(46)36-17(21(44)45)13(9-48-23(26)36)10-49-25-31-32-33-37(25)27-2;/h4-5,8,11,16,23,27,39-40H,3,6-7,9-10H2,1-2H3,(H,28,38)(H,29,47)(H,30,41)(H,44,45);/q;+1/p-1/t16?,23-,26+;/m0./s1. The van der Waals surface area contributed by atoms with Crippen molar-refractivity contribution in [3.05, 3.63) is 35.0 Å². The zero-order valence-corrected chi connectivity index (χ0v) is 30.2. The molecule has 3 aliphatic rings. The fourth-order valence-electron chi connectivity index (χ4n) is 5.32. The number of likely N-dealkylation sites (N-methyl/N-ethyl adjacent to an activating group) is 1. The number of carbonyl (C=O) groups excluding carboxylic acids is 7. The van der Waals surface area contributed by atoms with E-state index < -0.39 is 69.9 Å². The molecule has 0 radical (unpaired) electrons. The average Bonchev–Trinajstić information content (AvgIpc) is 3.55. The number of thioether (sulfide) groups is 2. The third-order valence-electron chi connectivity index (χ3n) is 7.78. The number of fused-ring (bicyclic) bond motifs is 1. The molecule has 3 atom stereocenters. The van der Waals surface area contributed by atoms with E-state index in [-0.39, 0.29) is 78.2 Å². The van der Waals surface area contributed by atoms with Crippen LogP contribution < -0.4 is 56.0 Å². The largest absolute Gasteiger partial charge is 1.00 e. The van der Waals surface area contributed by atoms with Crippen LogP contribution in [0.5, 0.6) is 11.5 Å². The van der Waals surface area contributed by atoms with E-state index in [0.717, 1.165) is 46.6 Å². The second-order valence-electron chi connectivity index (χ2n) is 10.5. The van der Waals surface area contributed by atoms with Gasteiger partial charge in [0.1, 0.15) is 11.4 Å². The van der Waals surface area contributed by atoms with Gasteiger partial charge >= 0.3 is 47.4 Å². The molecule has 0 bridgehead atoms. The normalized spacial score (nSPS) is 20.6. The second-order valence-corrected chi connectivity index (χ2v) is 12.5. The Bertz CT molecular complexity index is 1780. The topological polar surface area (TPSA) is 284 Å². The number of hydrogen-bond donors (Lipinski definition) is 6. The number of nitrogens with zero attached hydrogens (tertiary/aromatic N) is 7. The maximum absolute atomic E-state index is 13.9. The van der Waals surface area contributed by atoms with Crippen LogP contribution in [0.4, 0.5) is 4.79 Å². The van der Waals surface area contributed by atoms with Crippen LogP contribution in [0.25, 0.3) is 0 Å². The van der Waals surface area contributed by atoms with E-state index in [2.05, 4.69) is 36.9 Å². The number of imide groups is 1. The monoisotopic (exact) mass is 741 g/mol. The third-order valence-corrected chi connectivity index (χ3v) is 10.2. The Hall–Kier alpha value is -4.58. The molecule has 1 aromatic heterocycles. The van der Waals surface area contributed by atoms with Gasteiger partial charge in [-0.2, -0.15) is 0 Å². The van der Waals surface area contributed by atoms with Crippen LogP contribution in [0.3, 0.4) is 0 Å². The Morgan fingerprint density at radius 3 is 2.56 bits per heavy atom. The van der Waals surface area contributed by atoms with Crippen molar-refractivity contribution in [1.82, 2.24) is 51.0 Å². The Balaban J connectivity index is 0.00000562. The zero-order chi connectivity index (χ0) is 35.6. The summed E-state index contributed by atoms with van der Waals surface area (Å²) in [5.74, 6) is -7.19. The molecular formula is C26H28N11NaO10S2. The van der Waals surface area contributed by atoms with Gasteiger partial charge in [-0.3, -0.25) is 33.8 Å². The molecule has 4 heterocycles. The molecule has 6 N–H and O–H groups in total. The van der Waals surface area contributed by atoms with E-state index >= 15 is 0 Å². The summed E-state index contributed by atoms with van der Waals surface area (Å²) in [7, 11) is 1.56. The maximum atomic E-state index is 13.9. The first-order chi connectivity index (χ1) is 23.4. The van der Waals surface area contributed by atoms with E-state index in [9.17, 15) is 48.9 Å². The van der Waals surface area contributed by atoms with E-state index in [1.807, 2.05) is 0 Å². The van der Waals surface area contributed by atoms with Gasteiger partial charge in [-0.15, -0.1) is 16.6 Å². The van der Waals surface area contributed by atoms with Gasteiger partial charge in [-0.1, -0.05) is 22.9 Å². The van der Waals surface area contributed by atoms with Crippen molar-refractivity contribution in [2.75, 3.05) is 43.6 Å². The minimum absolute atomic E-state index is 0. The minimum Gasteiger partial charge on any atom is -0.543 e. The van der Waals surface area contributed by atoms with Gasteiger partial charge in [0.25, 0.3) is 5.91 Å². The summed E-state index contributed by atoms with van der Waals surface area (Å²) in [6.45, 7) is 1.70. The number of benzene rings is 1. The fourth-order valence-corrected chi connectivity index (χ4v) is 7.76. The summed E-state index contributed by atoms with van der Waals surface area (Å²) in [6, 6.07) is 0.174. The number of carbonyl (C=O) groups is 7. The molecule has 2 aromatic rings. The van der Waals surface area contributed by atoms with Crippen molar-refractivity contribution in [3.8, 4) is 11.5 Å². The number of hydrogen-bond acceptors (Lipinski definition) is 16. The molecule has 0 spiro atoms. The van der Waals surface area contributed by atoms with Crippen LogP contribution in [-0.4, -0.2) is 136 Å². The number of piperazine rings is 1. The van der Waals surface area contributed by atoms with Crippen molar-refractivity contribution in [2.24, 2.45) is 0 Å². The first-order valence-electron chi connectivity index (χ1n) is 14.3. The Morgan fingerprint density at radius 1 is 1.18 bits per heavy atom. The Labute approximate surface area is 312 Å². The van der Waals surface area contributed by atoms with Crippen LogP contribution >= 0.6 is 23.5 Å². The van der Waals surface area contributed by atoms with Gasteiger partial charge in [-0.25, -0.2) is 4.79 Å². The number of nitrogens with one attached hydrogen (secondary N) is 4.